The molecule has 0 bridgehead atoms. The Morgan fingerprint density at radius 1 is 1.04 bits per heavy atom. The van der Waals surface area contributed by atoms with Crippen molar-refractivity contribution in [2.75, 3.05) is 5.32 Å². The summed E-state index contributed by atoms with van der Waals surface area (Å²) in [5.74, 6) is -0.434. The molecule has 0 unspecified atom stereocenters. The van der Waals surface area contributed by atoms with Crippen LogP contribution in [0.2, 0.25) is 0 Å². The summed E-state index contributed by atoms with van der Waals surface area (Å²) in [6, 6.07) is 16.7. The molecular weight excluding hydrogens is 328 g/mol. The summed E-state index contributed by atoms with van der Waals surface area (Å²) in [6.07, 6.45) is 0. The Bertz CT molecular complexity index is 981. The summed E-state index contributed by atoms with van der Waals surface area (Å²) < 4.78 is 22.7. The highest BCUT2D eigenvalue weighted by molar-refractivity contribution is 7.89. The van der Waals surface area contributed by atoms with E-state index in [4.69, 9.17) is 5.14 Å². The van der Waals surface area contributed by atoms with Crippen molar-refractivity contribution in [3.63, 3.8) is 0 Å². The Hall–Kier alpha value is -2.97. The van der Waals surface area contributed by atoms with Crippen molar-refractivity contribution in [2.24, 2.45) is 5.14 Å². The van der Waals surface area contributed by atoms with Crippen LogP contribution in [0.15, 0.2) is 65.6 Å². The molecule has 0 saturated carbocycles. The minimum absolute atomic E-state index is 0.0742. The summed E-state index contributed by atoms with van der Waals surface area (Å²) in [5, 5.41) is 14.5. The molecule has 24 heavy (non-hydrogen) atoms. The molecule has 7 nitrogen and oxygen atoms in total. The van der Waals surface area contributed by atoms with Crippen molar-refractivity contribution >= 4 is 21.6 Å². The number of aromatic nitrogens is 2. The van der Waals surface area contributed by atoms with Gasteiger partial charge in [-0.1, -0.05) is 36.4 Å². The number of carbonyl (C=O) groups is 1. The lowest BCUT2D eigenvalue weighted by Gasteiger charge is -2.05. The van der Waals surface area contributed by atoms with Gasteiger partial charge in [0, 0.05) is 11.3 Å². The van der Waals surface area contributed by atoms with Crippen LogP contribution < -0.4 is 10.5 Å². The zero-order valence-electron chi connectivity index (χ0n) is 12.4. The van der Waals surface area contributed by atoms with Gasteiger partial charge in [-0.15, -0.1) is 0 Å². The maximum atomic E-state index is 12.3. The van der Waals surface area contributed by atoms with E-state index in [0.717, 1.165) is 5.56 Å². The first kappa shape index (κ1) is 15.9. The highest BCUT2D eigenvalue weighted by Crippen LogP contribution is 2.18. The molecule has 1 aromatic heterocycles. The zero-order chi connectivity index (χ0) is 17.2. The molecule has 3 aromatic rings. The van der Waals surface area contributed by atoms with Crippen molar-refractivity contribution in [3.05, 3.63) is 66.4 Å². The molecule has 0 aliphatic rings. The number of aromatic amines is 1. The molecule has 122 valence electrons. The molecule has 3 rings (SSSR count). The van der Waals surface area contributed by atoms with Crippen LogP contribution >= 0.6 is 0 Å². The quantitative estimate of drug-likeness (QED) is 0.672. The van der Waals surface area contributed by atoms with Crippen LogP contribution in [0.3, 0.4) is 0 Å². The van der Waals surface area contributed by atoms with Crippen LogP contribution in [0.5, 0.6) is 0 Å². The smallest absolute Gasteiger partial charge is 0.273 e. The highest BCUT2D eigenvalue weighted by atomic mass is 32.2. The average Bonchev–Trinajstić information content (AvgIpc) is 3.05. The Balaban J connectivity index is 1.80. The number of amides is 1. The number of rotatable bonds is 4. The van der Waals surface area contributed by atoms with E-state index in [-0.39, 0.29) is 10.6 Å². The molecule has 0 fully saturated rings. The van der Waals surface area contributed by atoms with Gasteiger partial charge >= 0.3 is 0 Å². The summed E-state index contributed by atoms with van der Waals surface area (Å²) in [6.45, 7) is 0. The summed E-state index contributed by atoms with van der Waals surface area (Å²) >= 11 is 0. The first-order valence-corrected chi connectivity index (χ1v) is 8.53. The third-order valence-corrected chi connectivity index (χ3v) is 4.22. The number of anilines is 1. The molecule has 2 aromatic carbocycles. The Morgan fingerprint density at radius 3 is 2.50 bits per heavy atom. The van der Waals surface area contributed by atoms with E-state index in [2.05, 4.69) is 15.5 Å². The number of benzene rings is 2. The predicted octanol–water partition coefficient (Wildman–Crippen LogP) is 1.98. The SMILES string of the molecule is NS(=O)(=O)c1cccc(NC(=O)c2cc(-c3ccccc3)n[nH]2)c1. The fraction of sp³-hybridized carbons (Fsp3) is 0. The number of hydrogen-bond donors (Lipinski definition) is 3. The molecule has 4 N–H and O–H groups in total. The van der Waals surface area contributed by atoms with Crippen LogP contribution in [0.25, 0.3) is 11.3 Å². The number of sulfonamides is 1. The Kier molecular flexibility index (Phi) is 4.15. The van der Waals surface area contributed by atoms with Crippen molar-refractivity contribution in [2.45, 2.75) is 4.90 Å². The fourth-order valence-electron chi connectivity index (χ4n) is 2.14. The molecule has 0 atom stereocenters. The van der Waals surface area contributed by atoms with Crippen LogP contribution in [-0.4, -0.2) is 24.5 Å². The number of nitrogens with one attached hydrogen (secondary N) is 2. The molecule has 0 aliphatic heterocycles. The highest BCUT2D eigenvalue weighted by Gasteiger charge is 2.13. The number of nitrogens with two attached hydrogens (primary N) is 1. The first-order valence-electron chi connectivity index (χ1n) is 6.98. The average molecular weight is 342 g/mol. The van der Waals surface area contributed by atoms with Gasteiger partial charge in [0.05, 0.1) is 10.6 Å². The van der Waals surface area contributed by atoms with E-state index < -0.39 is 15.9 Å². The topological polar surface area (TPSA) is 118 Å². The van der Waals surface area contributed by atoms with Gasteiger partial charge in [-0.05, 0) is 24.3 Å². The second-order valence-electron chi connectivity index (χ2n) is 5.06. The number of primary sulfonamides is 1. The second-order valence-corrected chi connectivity index (χ2v) is 6.62. The number of H-pyrrole nitrogens is 1. The van der Waals surface area contributed by atoms with Crippen molar-refractivity contribution in [1.29, 1.82) is 0 Å². The standard InChI is InChI=1S/C16H14N4O3S/c17-24(22,23)13-8-4-7-12(9-13)18-16(21)15-10-14(19-20-15)11-5-2-1-3-6-11/h1-10H,(H,18,21)(H,19,20)(H2,17,22,23). The molecule has 0 spiro atoms. The van der Waals surface area contributed by atoms with Gasteiger partial charge in [0.1, 0.15) is 5.69 Å². The number of nitrogens with zero attached hydrogens (tertiary/aromatic N) is 1. The fourth-order valence-corrected chi connectivity index (χ4v) is 2.70. The predicted molar refractivity (Wildman–Crippen MR) is 89.8 cm³/mol. The van der Waals surface area contributed by atoms with Crippen molar-refractivity contribution in [1.82, 2.24) is 10.2 Å². The normalized spacial score (nSPS) is 11.2. The van der Waals surface area contributed by atoms with Gasteiger partial charge in [-0.3, -0.25) is 9.89 Å². The molecule has 1 amide bonds. The summed E-state index contributed by atoms with van der Waals surface area (Å²) in [7, 11) is -3.83. The summed E-state index contributed by atoms with van der Waals surface area (Å²) in [5.41, 5.74) is 2.10. The Morgan fingerprint density at radius 2 is 1.79 bits per heavy atom. The van der Waals surface area contributed by atoms with E-state index >= 15 is 0 Å². The van der Waals surface area contributed by atoms with Crippen LogP contribution in [0.1, 0.15) is 10.5 Å². The van der Waals surface area contributed by atoms with E-state index in [9.17, 15) is 13.2 Å². The van der Waals surface area contributed by atoms with Gasteiger partial charge in [-0.25, -0.2) is 13.6 Å². The molecule has 1 heterocycles. The van der Waals surface area contributed by atoms with Gasteiger partial charge < -0.3 is 5.32 Å². The monoisotopic (exact) mass is 342 g/mol. The van der Waals surface area contributed by atoms with Gasteiger partial charge in [0.15, 0.2) is 0 Å². The van der Waals surface area contributed by atoms with Gasteiger partial charge in [0.2, 0.25) is 10.0 Å². The number of carbonyl (C=O) groups excluding carboxylic acids is 1. The molecule has 0 radical (unpaired) electrons. The third kappa shape index (κ3) is 3.50. The zero-order valence-corrected chi connectivity index (χ0v) is 13.2. The van der Waals surface area contributed by atoms with Crippen molar-refractivity contribution in [3.8, 4) is 11.3 Å². The molecule has 0 aliphatic carbocycles. The largest absolute Gasteiger partial charge is 0.321 e. The minimum Gasteiger partial charge on any atom is -0.321 e. The van der Waals surface area contributed by atoms with E-state index in [1.807, 2.05) is 30.3 Å². The lowest BCUT2D eigenvalue weighted by Crippen LogP contribution is -2.15. The van der Waals surface area contributed by atoms with E-state index in [0.29, 0.717) is 11.4 Å². The van der Waals surface area contributed by atoms with Crippen molar-refractivity contribution < 1.29 is 13.2 Å². The van der Waals surface area contributed by atoms with E-state index in [1.54, 1.807) is 12.1 Å². The third-order valence-electron chi connectivity index (χ3n) is 3.31. The van der Waals surface area contributed by atoms with Crippen LogP contribution in [-0.2, 0) is 10.0 Å². The summed E-state index contributed by atoms with van der Waals surface area (Å²) in [4.78, 5) is 12.2. The van der Waals surface area contributed by atoms with E-state index in [1.165, 1.54) is 18.2 Å². The molecule has 0 saturated heterocycles. The molecule has 8 heteroatoms. The lowest BCUT2D eigenvalue weighted by molar-refractivity contribution is 0.102. The van der Waals surface area contributed by atoms with Gasteiger partial charge in [-0.2, -0.15) is 5.10 Å². The first-order chi connectivity index (χ1) is 11.4. The van der Waals surface area contributed by atoms with Crippen LogP contribution in [0.4, 0.5) is 5.69 Å². The maximum Gasteiger partial charge on any atom is 0.273 e. The number of hydrogen-bond acceptors (Lipinski definition) is 4. The second kappa shape index (κ2) is 6.26. The van der Waals surface area contributed by atoms with Crippen LogP contribution in [0, 0.1) is 0 Å². The Labute approximate surface area is 138 Å². The minimum atomic E-state index is -3.83. The maximum absolute atomic E-state index is 12.3. The molecular formula is C16H14N4O3S. The lowest BCUT2D eigenvalue weighted by atomic mass is 10.1. The van der Waals surface area contributed by atoms with Gasteiger partial charge in [0.25, 0.3) is 5.91 Å².